The van der Waals surface area contributed by atoms with Crippen molar-refractivity contribution < 1.29 is 4.79 Å². The molecule has 1 amide bonds. The molecular weight excluding hydrogens is 334 g/mol. The molecule has 0 saturated carbocycles. The quantitative estimate of drug-likeness (QED) is 0.617. The number of para-hydroxylation sites is 1. The zero-order chi connectivity index (χ0) is 16.8. The normalized spacial score (nSPS) is 12.0. The molecule has 1 aromatic carbocycles. The lowest BCUT2D eigenvalue weighted by Crippen LogP contribution is -2.25. The number of anilines is 1. The highest BCUT2D eigenvalue weighted by molar-refractivity contribution is 8.00. The van der Waals surface area contributed by atoms with Crippen molar-refractivity contribution in [2.75, 3.05) is 5.32 Å². The van der Waals surface area contributed by atoms with E-state index >= 15 is 0 Å². The first-order valence-corrected chi connectivity index (χ1v) is 8.61. The second kappa shape index (κ2) is 8.17. The molecule has 0 saturated heterocycles. The number of carbonyl (C=O) groups is 1. The van der Waals surface area contributed by atoms with Gasteiger partial charge in [0.15, 0.2) is 5.16 Å². The highest BCUT2D eigenvalue weighted by Gasteiger charge is 2.20. The average Bonchev–Trinajstić information content (AvgIpc) is 2.54. The molecule has 122 valence electrons. The minimum atomic E-state index is -0.374. The number of halogens is 1. The van der Waals surface area contributed by atoms with Crippen LogP contribution in [0, 0.1) is 0 Å². The summed E-state index contributed by atoms with van der Waals surface area (Å²) in [7, 11) is 0. The van der Waals surface area contributed by atoms with Gasteiger partial charge in [-0.2, -0.15) is 0 Å². The largest absolute Gasteiger partial charge is 0.324 e. The summed E-state index contributed by atoms with van der Waals surface area (Å²) in [6.07, 6.45) is 1.26. The van der Waals surface area contributed by atoms with Crippen molar-refractivity contribution in [1.29, 1.82) is 0 Å². The van der Waals surface area contributed by atoms with Crippen LogP contribution < -0.4 is 10.9 Å². The summed E-state index contributed by atoms with van der Waals surface area (Å²) in [5.41, 5.74) is 1.07. The Labute approximate surface area is 143 Å². The van der Waals surface area contributed by atoms with E-state index in [1.165, 1.54) is 17.8 Å². The Morgan fingerprint density at radius 3 is 2.78 bits per heavy atom. The van der Waals surface area contributed by atoms with Crippen molar-refractivity contribution in [1.82, 2.24) is 9.97 Å². The van der Waals surface area contributed by atoms with Gasteiger partial charge in [-0.25, -0.2) is 4.98 Å². The van der Waals surface area contributed by atoms with E-state index in [1.807, 2.05) is 13.8 Å². The molecule has 0 bridgehead atoms. The van der Waals surface area contributed by atoms with Gasteiger partial charge in [-0.05, 0) is 25.0 Å². The van der Waals surface area contributed by atoms with Gasteiger partial charge in [-0.15, -0.1) is 0 Å². The summed E-state index contributed by atoms with van der Waals surface area (Å²) < 4.78 is 0. The van der Waals surface area contributed by atoms with Gasteiger partial charge in [0.2, 0.25) is 5.91 Å². The number of aromatic amines is 1. The number of nitrogens with zero attached hydrogens (tertiary/aromatic N) is 1. The van der Waals surface area contributed by atoms with Crippen LogP contribution in [0.3, 0.4) is 0 Å². The van der Waals surface area contributed by atoms with E-state index in [9.17, 15) is 9.59 Å². The molecule has 1 unspecified atom stereocenters. The number of benzene rings is 1. The van der Waals surface area contributed by atoms with Gasteiger partial charge >= 0.3 is 0 Å². The third-order valence-electron chi connectivity index (χ3n) is 3.18. The van der Waals surface area contributed by atoms with Crippen LogP contribution >= 0.6 is 23.4 Å². The Hall–Kier alpha value is -1.79. The fourth-order valence-electron chi connectivity index (χ4n) is 1.95. The van der Waals surface area contributed by atoms with Crippen LogP contribution in [0.4, 0.5) is 5.69 Å². The number of thioether (sulfide) groups is 1. The summed E-state index contributed by atoms with van der Waals surface area (Å²) in [6.45, 7) is 3.84. The van der Waals surface area contributed by atoms with E-state index in [2.05, 4.69) is 15.3 Å². The number of aromatic nitrogens is 2. The molecule has 2 aromatic rings. The maximum Gasteiger partial charge on any atom is 0.251 e. The van der Waals surface area contributed by atoms with Crippen molar-refractivity contribution in [3.05, 3.63) is 51.4 Å². The van der Waals surface area contributed by atoms with Gasteiger partial charge in [0, 0.05) is 11.8 Å². The van der Waals surface area contributed by atoms with Crippen LogP contribution in [0.5, 0.6) is 0 Å². The number of hydrogen-bond donors (Lipinski definition) is 2. The molecule has 1 aromatic heterocycles. The first-order chi connectivity index (χ1) is 11.0. The summed E-state index contributed by atoms with van der Waals surface area (Å²) in [6, 6.07) is 8.54. The number of hydrogen-bond acceptors (Lipinski definition) is 4. The Balaban J connectivity index is 2.13. The summed E-state index contributed by atoms with van der Waals surface area (Å²) in [5.74, 6) is -0.171. The van der Waals surface area contributed by atoms with Crippen LogP contribution in [-0.4, -0.2) is 21.1 Å². The third-order valence-corrected chi connectivity index (χ3v) is 4.76. The molecule has 0 radical (unpaired) electrons. The van der Waals surface area contributed by atoms with Crippen molar-refractivity contribution >= 4 is 35.0 Å². The summed E-state index contributed by atoms with van der Waals surface area (Å²) in [4.78, 5) is 31.1. The van der Waals surface area contributed by atoms with Gasteiger partial charge in [-0.1, -0.05) is 49.3 Å². The third kappa shape index (κ3) is 4.84. The van der Waals surface area contributed by atoms with Gasteiger partial charge < -0.3 is 10.3 Å². The molecule has 2 rings (SSSR count). The second-order valence-electron chi connectivity index (χ2n) is 4.88. The molecule has 0 aliphatic heterocycles. The lowest BCUT2D eigenvalue weighted by atomic mass is 10.2. The smallest absolute Gasteiger partial charge is 0.251 e. The van der Waals surface area contributed by atoms with Crippen LogP contribution in [0.2, 0.25) is 5.02 Å². The highest BCUT2D eigenvalue weighted by Crippen LogP contribution is 2.25. The Morgan fingerprint density at radius 1 is 1.39 bits per heavy atom. The molecule has 0 aliphatic rings. The van der Waals surface area contributed by atoms with Crippen LogP contribution in [-0.2, 0) is 11.2 Å². The number of rotatable bonds is 6. The fourth-order valence-corrected chi connectivity index (χ4v) is 3.07. The lowest BCUT2D eigenvalue weighted by Gasteiger charge is -2.15. The fraction of sp³-hybridized carbons (Fsp3) is 0.312. The van der Waals surface area contributed by atoms with Crippen LogP contribution in [0.1, 0.15) is 26.0 Å². The molecular formula is C16H18ClN3O2S. The predicted molar refractivity (Wildman–Crippen MR) is 94.3 cm³/mol. The Morgan fingerprint density at radius 2 is 2.13 bits per heavy atom. The molecule has 5 nitrogen and oxygen atoms in total. The SMILES string of the molecule is CCc1cc(=O)[nH]c(SC(CC)C(=O)Nc2ccccc2Cl)n1. The Kier molecular flexibility index (Phi) is 6.24. The number of aryl methyl sites for hydroxylation is 1. The van der Waals surface area contributed by atoms with E-state index in [0.717, 1.165) is 0 Å². The van der Waals surface area contributed by atoms with Gasteiger partial charge in [0.1, 0.15) is 0 Å². The number of amides is 1. The molecule has 1 heterocycles. The second-order valence-corrected chi connectivity index (χ2v) is 6.48. The minimum Gasteiger partial charge on any atom is -0.324 e. The van der Waals surface area contributed by atoms with E-state index < -0.39 is 0 Å². The maximum atomic E-state index is 12.4. The Bertz CT molecular complexity index is 748. The molecule has 2 N–H and O–H groups in total. The van der Waals surface area contributed by atoms with Crippen molar-refractivity contribution in [3.63, 3.8) is 0 Å². The maximum absolute atomic E-state index is 12.4. The van der Waals surface area contributed by atoms with Crippen molar-refractivity contribution in [3.8, 4) is 0 Å². The molecule has 7 heteroatoms. The summed E-state index contributed by atoms with van der Waals surface area (Å²) in [5, 5.41) is 3.38. The van der Waals surface area contributed by atoms with Gasteiger partial charge in [-0.3, -0.25) is 9.59 Å². The first-order valence-electron chi connectivity index (χ1n) is 7.35. The number of carbonyl (C=O) groups excluding carboxylic acids is 1. The van der Waals surface area contributed by atoms with E-state index in [0.29, 0.717) is 34.4 Å². The highest BCUT2D eigenvalue weighted by atomic mass is 35.5. The van der Waals surface area contributed by atoms with Gasteiger partial charge in [0.25, 0.3) is 5.56 Å². The lowest BCUT2D eigenvalue weighted by molar-refractivity contribution is -0.115. The molecule has 0 spiro atoms. The topological polar surface area (TPSA) is 74.8 Å². The zero-order valence-corrected chi connectivity index (χ0v) is 14.5. The summed E-state index contributed by atoms with van der Waals surface area (Å²) >= 11 is 7.30. The molecule has 1 atom stereocenters. The van der Waals surface area contributed by atoms with Crippen molar-refractivity contribution in [2.45, 2.75) is 37.1 Å². The monoisotopic (exact) mass is 351 g/mol. The number of nitrogens with one attached hydrogen (secondary N) is 2. The van der Waals surface area contributed by atoms with Crippen LogP contribution in [0.25, 0.3) is 0 Å². The first kappa shape index (κ1) is 17.6. The van der Waals surface area contributed by atoms with E-state index in [-0.39, 0.29) is 16.7 Å². The standard InChI is InChI=1S/C16H18ClN3O2S/c1-3-10-9-14(21)20-16(18-10)23-13(4-2)15(22)19-12-8-6-5-7-11(12)17/h5-9,13H,3-4H2,1-2H3,(H,19,22)(H,18,20,21). The predicted octanol–water partition coefficient (Wildman–Crippen LogP) is 3.50. The van der Waals surface area contributed by atoms with E-state index in [4.69, 9.17) is 11.6 Å². The molecule has 0 aliphatic carbocycles. The average molecular weight is 352 g/mol. The molecule has 0 fully saturated rings. The minimum absolute atomic E-state index is 0.171. The van der Waals surface area contributed by atoms with Crippen molar-refractivity contribution in [2.24, 2.45) is 0 Å². The van der Waals surface area contributed by atoms with Gasteiger partial charge in [0.05, 0.1) is 16.0 Å². The number of H-pyrrole nitrogens is 1. The van der Waals surface area contributed by atoms with Crippen LogP contribution in [0.15, 0.2) is 40.3 Å². The molecule has 23 heavy (non-hydrogen) atoms. The zero-order valence-electron chi connectivity index (χ0n) is 12.9. The van der Waals surface area contributed by atoms with E-state index in [1.54, 1.807) is 24.3 Å².